The summed E-state index contributed by atoms with van der Waals surface area (Å²) in [5.41, 5.74) is 0.623. The molecule has 1 amide bonds. The largest absolute Gasteiger partial charge is 0.338 e. The van der Waals surface area contributed by atoms with Crippen LogP contribution in [0.5, 0.6) is 0 Å². The molecule has 1 fully saturated rings. The Morgan fingerprint density at radius 3 is 2.61 bits per heavy atom. The fraction of sp³-hybridized carbons (Fsp3) is 0.438. The van der Waals surface area contributed by atoms with E-state index in [1.165, 1.54) is 15.6 Å². The van der Waals surface area contributed by atoms with Gasteiger partial charge in [-0.05, 0) is 49.4 Å². The zero-order chi connectivity index (χ0) is 16.6. The third kappa shape index (κ3) is 3.07. The highest BCUT2D eigenvalue weighted by molar-refractivity contribution is 7.92. The minimum absolute atomic E-state index is 0.0594. The number of amides is 1. The number of nitrogens with zero attached hydrogens (tertiary/aromatic N) is 2. The molecule has 0 atom stereocenters. The maximum atomic E-state index is 12.5. The predicted molar refractivity (Wildman–Crippen MR) is 94.8 cm³/mol. The predicted octanol–water partition coefficient (Wildman–Crippen LogP) is 2.92. The van der Waals surface area contributed by atoms with Crippen molar-refractivity contribution in [2.24, 2.45) is 0 Å². The minimum atomic E-state index is -3.28. The molecule has 0 aliphatic carbocycles. The Labute approximate surface area is 140 Å². The topological polar surface area (TPSA) is 57.7 Å². The highest BCUT2D eigenvalue weighted by Crippen LogP contribution is 2.31. The Morgan fingerprint density at radius 2 is 1.96 bits per heavy atom. The molecule has 0 radical (unpaired) electrons. The van der Waals surface area contributed by atoms with E-state index in [1.54, 1.807) is 20.0 Å². The van der Waals surface area contributed by atoms with Gasteiger partial charge in [-0.1, -0.05) is 0 Å². The maximum Gasteiger partial charge on any atom is 0.263 e. The van der Waals surface area contributed by atoms with Crippen molar-refractivity contribution >= 4 is 43.0 Å². The van der Waals surface area contributed by atoms with E-state index in [0.29, 0.717) is 5.69 Å². The molecule has 0 unspecified atom stereocenters. The summed E-state index contributed by atoms with van der Waals surface area (Å²) < 4.78 is 26.3. The molecule has 0 spiro atoms. The first kappa shape index (κ1) is 16.3. The van der Waals surface area contributed by atoms with Gasteiger partial charge in [-0.2, -0.15) is 0 Å². The number of likely N-dealkylation sites (tertiary alicyclic amines) is 1. The van der Waals surface area contributed by atoms with Crippen molar-refractivity contribution in [3.8, 4) is 0 Å². The van der Waals surface area contributed by atoms with Gasteiger partial charge in [0.05, 0.1) is 16.3 Å². The SMILES string of the molecule is CCS(=O)(=O)N(C)c1ccc2sc(C(=O)N3CCCC3)cc2c1. The molecule has 7 heteroatoms. The minimum Gasteiger partial charge on any atom is -0.338 e. The Bertz CT molecular complexity index is 836. The van der Waals surface area contributed by atoms with Gasteiger partial charge in [-0.25, -0.2) is 8.42 Å². The van der Waals surface area contributed by atoms with Crippen molar-refractivity contribution in [1.82, 2.24) is 4.90 Å². The van der Waals surface area contributed by atoms with Gasteiger partial charge >= 0.3 is 0 Å². The average molecular weight is 352 g/mol. The quantitative estimate of drug-likeness (QED) is 0.850. The molecule has 1 aromatic carbocycles. The van der Waals surface area contributed by atoms with Gasteiger partial charge in [0.1, 0.15) is 0 Å². The number of hydrogen-bond acceptors (Lipinski definition) is 4. The molecule has 0 bridgehead atoms. The van der Waals surface area contributed by atoms with Crippen LogP contribution in [0.2, 0.25) is 0 Å². The average Bonchev–Trinajstić information content (AvgIpc) is 3.21. The van der Waals surface area contributed by atoms with Gasteiger partial charge in [0.2, 0.25) is 10.0 Å². The van der Waals surface area contributed by atoms with E-state index in [0.717, 1.165) is 40.9 Å². The monoisotopic (exact) mass is 352 g/mol. The lowest BCUT2D eigenvalue weighted by atomic mass is 10.2. The summed E-state index contributed by atoms with van der Waals surface area (Å²) in [5, 5.41) is 0.910. The number of benzene rings is 1. The van der Waals surface area contributed by atoms with E-state index in [2.05, 4.69) is 0 Å². The van der Waals surface area contributed by atoms with Crippen LogP contribution >= 0.6 is 11.3 Å². The summed E-state index contributed by atoms with van der Waals surface area (Å²) in [6.45, 7) is 3.29. The molecule has 23 heavy (non-hydrogen) atoms. The lowest BCUT2D eigenvalue weighted by molar-refractivity contribution is 0.0797. The molecule has 3 rings (SSSR count). The van der Waals surface area contributed by atoms with Crippen molar-refractivity contribution in [2.45, 2.75) is 19.8 Å². The Kier molecular flexibility index (Phi) is 4.33. The fourth-order valence-electron chi connectivity index (χ4n) is 2.76. The number of sulfonamides is 1. The van der Waals surface area contributed by atoms with E-state index in [9.17, 15) is 13.2 Å². The lowest BCUT2D eigenvalue weighted by Gasteiger charge is -2.18. The molecule has 1 aliphatic rings. The maximum absolute atomic E-state index is 12.5. The van der Waals surface area contributed by atoms with E-state index in [-0.39, 0.29) is 11.7 Å². The second-order valence-electron chi connectivity index (χ2n) is 5.70. The number of thiophene rings is 1. The summed E-state index contributed by atoms with van der Waals surface area (Å²) in [4.78, 5) is 15.1. The van der Waals surface area contributed by atoms with E-state index < -0.39 is 10.0 Å². The van der Waals surface area contributed by atoms with Crippen LogP contribution in [0.3, 0.4) is 0 Å². The van der Waals surface area contributed by atoms with Gasteiger partial charge < -0.3 is 4.90 Å². The van der Waals surface area contributed by atoms with Crippen molar-refractivity contribution < 1.29 is 13.2 Å². The Morgan fingerprint density at radius 1 is 1.26 bits per heavy atom. The standard InChI is InChI=1S/C16H20N2O3S2/c1-3-23(20,21)17(2)13-6-7-14-12(10-13)11-15(22-14)16(19)18-8-4-5-9-18/h6-7,10-11H,3-5,8-9H2,1-2H3. The second kappa shape index (κ2) is 6.13. The van der Waals surface area contributed by atoms with Crippen LogP contribution in [-0.4, -0.2) is 45.1 Å². The first-order valence-electron chi connectivity index (χ1n) is 7.72. The normalized spacial score (nSPS) is 15.3. The molecule has 2 aromatic rings. The Hall–Kier alpha value is -1.60. The molecule has 1 saturated heterocycles. The summed E-state index contributed by atoms with van der Waals surface area (Å²) in [6.07, 6.45) is 2.14. The van der Waals surface area contributed by atoms with Crippen LogP contribution in [0.4, 0.5) is 5.69 Å². The molecular formula is C16H20N2O3S2. The summed E-state index contributed by atoms with van der Waals surface area (Å²) in [7, 11) is -1.72. The van der Waals surface area contributed by atoms with E-state index >= 15 is 0 Å². The molecule has 1 aliphatic heterocycles. The summed E-state index contributed by atoms with van der Waals surface area (Å²) in [6, 6.07) is 7.38. The van der Waals surface area contributed by atoms with Crippen LogP contribution in [0.1, 0.15) is 29.4 Å². The first-order valence-corrected chi connectivity index (χ1v) is 10.1. The van der Waals surface area contributed by atoms with Crippen LogP contribution in [0, 0.1) is 0 Å². The summed E-state index contributed by atoms with van der Waals surface area (Å²) >= 11 is 1.47. The van der Waals surface area contributed by atoms with E-state index in [4.69, 9.17) is 0 Å². The smallest absolute Gasteiger partial charge is 0.263 e. The number of rotatable bonds is 4. The molecule has 0 N–H and O–H groups in total. The fourth-order valence-corrected chi connectivity index (χ4v) is 4.60. The lowest BCUT2D eigenvalue weighted by Crippen LogP contribution is -2.27. The number of hydrogen-bond donors (Lipinski definition) is 0. The number of anilines is 1. The molecule has 124 valence electrons. The summed E-state index contributed by atoms with van der Waals surface area (Å²) in [5.74, 6) is 0.143. The van der Waals surface area contributed by atoms with Crippen molar-refractivity contribution in [3.63, 3.8) is 0 Å². The third-order valence-electron chi connectivity index (χ3n) is 4.25. The van der Waals surface area contributed by atoms with Crippen molar-refractivity contribution in [1.29, 1.82) is 0 Å². The van der Waals surface area contributed by atoms with Gasteiger partial charge in [-0.15, -0.1) is 11.3 Å². The highest BCUT2D eigenvalue weighted by Gasteiger charge is 2.22. The van der Waals surface area contributed by atoms with Gasteiger partial charge in [-0.3, -0.25) is 9.10 Å². The zero-order valence-corrected chi connectivity index (χ0v) is 14.9. The molecule has 1 aromatic heterocycles. The second-order valence-corrected chi connectivity index (χ2v) is 9.07. The zero-order valence-electron chi connectivity index (χ0n) is 13.3. The van der Waals surface area contributed by atoms with Crippen LogP contribution in [0.15, 0.2) is 24.3 Å². The highest BCUT2D eigenvalue weighted by atomic mass is 32.2. The van der Waals surface area contributed by atoms with Gasteiger partial charge in [0.25, 0.3) is 5.91 Å². The van der Waals surface area contributed by atoms with Gasteiger partial charge in [0, 0.05) is 24.8 Å². The molecule has 5 nitrogen and oxygen atoms in total. The molecule has 2 heterocycles. The third-order valence-corrected chi connectivity index (χ3v) is 7.13. The number of fused-ring (bicyclic) bond motifs is 1. The Balaban J connectivity index is 1.93. The van der Waals surface area contributed by atoms with Crippen LogP contribution in [-0.2, 0) is 10.0 Å². The van der Waals surface area contributed by atoms with Crippen LogP contribution in [0.25, 0.3) is 10.1 Å². The number of carbonyl (C=O) groups is 1. The van der Waals surface area contributed by atoms with Crippen LogP contribution < -0.4 is 4.31 Å². The van der Waals surface area contributed by atoms with E-state index in [1.807, 2.05) is 23.1 Å². The van der Waals surface area contributed by atoms with Gasteiger partial charge in [0.15, 0.2) is 0 Å². The van der Waals surface area contributed by atoms with Crippen molar-refractivity contribution in [3.05, 3.63) is 29.1 Å². The molecular weight excluding hydrogens is 332 g/mol. The molecule has 0 saturated carbocycles. The van der Waals surface area contributed by atoms with Crippen molar-refractivity contribution in [2.75, 3.05) is 30.2 Å². The first-order chi connectivity index (χ1) is 10.9. The number of carbonyl (C=O) groups excluding carboxylic acids is 1.